The molecule has 94 valence electrons. The molecule has 0 aliphatic carbocycles. The van der Waals surface area contributed by atoms with Crippen LogP contribution in [0.2, 0.25) is 0 Å². The molecule has 0 unspecified atom stereocenters. The van der Waals surface area contributed by atoms with Crippen LogP contribution in [-0.2, 0) is 0 Å². The highest BCUT2D eigenvalue weighted by molar-refractivity contribution is 5.39. The second kappa shape index (κ2) is 6.01. The third-order valence-corrected chi connectivity index (χ3v) is 3.40. The minimum absolute atomic E-state index is 0.705. The summed E-state index contributed by atoms with van der Waals surface area (Å²) in [5, 5.41) is 3.61. The van der Waals surface area contributed by atoms with Crippen molar-refractivity contribution in [3.05, 3.63) is 23.9 Å². The first-order valence-corrected chi connectivity index (χ1v) is 6.70. The standard InChI is InChI=1S/C14H23N3/c1-3-8-15-13-6-9-17(10-7-13)14-5-4-12(2)11-16-14/h4-5,11,13,15H,3,6-10H2,1-2H3. The molecule has 3 nitrogen and oxygen atoms in total. The van der Waals surface area contributed by atoms with E-state index in [0.29, 0.717) is 6.04 Å². The van der Waals surface area contributed by atoms with E-state index in [4.69, 9.17) is 0 Å². The summed E-state index contributed by atoms with van der Waals surface area (Å²) in [7, 11) is 0. The minimum Gasteiger partial charge on any atom is -0.357 e. The van der Waals surface area contributed by atoms with Crippen LogP contribution in [0, 0.1) is 6.92 Å². The zero-order valence-electron chi connectivity index (χ0n) is 10.9. The van der Waals surface area contributed by atoms with Crippen LogP contribution in [0.3, 0.4) is 0 Å². The Morgan fingerprint density at radius 1 is 1.35 bits per heavy atom. The Balaban J connectivity index is 1.84. The topological polar surface area (TPSA) is 28.2 Å². The summed E-state index contributed by atoms with van der Waals surface area (Å²) in [6.07, 6.45) is 5.64. The Morgan fingerprint density at radius 3 is 2.71 bits per heavy atom. The second-order valence-corrected chi connectivity index (χ2v) is 4.91. The largest absolute Gasteiger partial charge is 0.357 e. The summed E-state index contributed by atoms with van der Waals surface area (Å²) in [5.74, 6) is 1.13. The highest BCUT2D eigenvalue weighted by Crippen LogP contribution is 2.17. The van der Waals surface area contributed by atoms with E-state index in [2.05, 4.69) is 41.2 Å². The number of hydrogen-bond acceptors (Lipinski definition) is 3. The summed E-state index contributed by atoms with van der Waals surface area (Å²) in [4.78, 5) is 6.89. The maximum Gasteiger partial charge on any atom is 0.128 e. The van der Waals surface area contributed by atoms with Gasteiger partial charge in [-0.3, -0.25) is 0 Å². The van der Waals surface area contributed by atoms with E-state index in [1.165, 1.54) is 24.8 Å². The van der Waals surface area contributed by atoms with Gasteiger partial charge >= 0.3 is 0 Å². The number of aryl methyl sites for hydroxylation is 1. The van der Waals surface area contributed by atoms with Crippen LogP contribution in [0.15, 0.2) is 18.3 Å². The molecule has 1 saturated heterocycles. The van der Waals surface area contributed by atoms with Gasteiger partial charge in [-0.05, 0) is 44.4 Å². The molecule has 1 N–H and O–H groups in total. The molecule has 0 bridgehead atoms. The summed E-state index contributed by atoms with van der Waals surface area (Å²) in [6.45, 7) is 7.69. The van der Waals surface area contributed by atoms with Crippen molar-refractivity contribution in [1.29, 1.82) is 0 Å². The van der Waals surface area contributed by atoms with Gasteiger partial charge in [0.15, 0.2) is 0 Å². The summed E-state index contributed by atoms with van der Waals surface area (Å²) in [5.41, 5.74) is 1.23. The highest BCUT2D eigenvalue weighted by Gasteiger charge is 2.19. The van der Waals surface area contributed by atoms with Crippen molar-refractivity contribution in [2.45, 2.75) is 39.2 Å². The molecular formula is C14H23N3. The molecule has 1 aliphatic rings. The molecule has 0 radical (unpaired) electrons. The third-order valence-electron chi connectivity index (χ3n) is 3.40. The first-order chi connectivity index (χ1) is 8.29. The normalized spacial score (nSPS) is 17.4. The number of piperidine rings is 1. The number of nitrogens with one attached hydrogen (secondary N) is 1. The summed E-state index contributed by atoms with van der Waals surface area (Å²) < 4.78 is 0. The first-order valence-electron chi connectivity index (χ1n) is 6.70. The molecule has 2 rings (SSSR count). The van der Waals surface area contributed by atoms with Gasteiger partial charge in [0.1, 0.15) is 5.82 Å². The molecule has 2 heterocycles. The van der Waals surface area contributed by atoms with Gasteiger partial charge in [-0.2, -0.15) is 0 Å². The number of hydrogen-bond donors (Lipinski definition) is 1. The molecule has 0 atom stereocenters. The Morgan fingerprint density at radius 2 is 2.12 bits per heavy atom. The van der Waals surface area contributed by atoms with Crippen molar-refractivity contribution in [2.24, 2.45) is 0 Å². The SMILES string of the molecule is CCCNC1CCN(c2ccc(C)cn2)CC1. The Bertz CT molecular complexity index is 326. The average Bonchev–Trinajstić information content (AvgIpc) is 2.38. The zero-order chi connectivity index (χ0) is 12.1. The van der Waals surface area contributed by atoms with Crippen LogP contribution in [0.1, 0.15) is 31.7 Å². The molecule has 1 aromatic rings. The lowest BCUT2D eigenvalue weighted by molar-refractivity contribution is 0.414. The zero-order valence-corrected chi connectivity index (χ0v) is 10.9. The number of aromatic nitrogens is 1. The third kappa shape index (κ3) is 3.43. The molecule has 0 saturated carbocycles. The molecule has 17 heavy (non-hydrogen) atoms. The van der Waals surface area contributed by atoms with Gasteiger partial charge in [0, 0.05) is 25.3 Å². The van der Waals surface area contributed by atoms with Gasteiger partial charge < -0.3 is 10.2 Å². The predicted molar refractivity (Wildman–Crippen MR) is 72.5 cm³/mol. The molecule has 0 amide bonds. The summed E-state index contributed by atoms with van der Waals surface area (Å²) in [6, 6.07) is 4.98. The van der Waals surface area contributed by atoms with Crippen molar-refractivity contribution in [3.63, 3.8) is 0 Å². The van der Waals surface area contributed by atoms with Gasteiger partial charge in [0.05, 0.1) is 0 Å². The molecule has 1 fully saturated rings. The molecule has 0 spiro atoms. The van der Waals surface area contributed by atoms with E-state index in [-0.39, 0.29) is 0 Å². The van der Waals surface area contributed by atoms with Gasteiger partial charge in [-0.15, -0.1) is 0 Å². The van der Waals surface area contributed by atoms with Crippen molar-refractivity contribution in [2.75, 3.05) is 24.5 Å². The Hall–Kier alpha value is -1.09. The van der Waals surface area contributed by atoms with E-state index < -0.39 is 0 Å². The van der Waals surface area contributed by atoms with Crippen molar-refractivity contribution in [3.8, 4) is 0 Å². The fraction of sp³-hybridized carbons (Fsp3) is 0.643. The average molecular weight is 233 g/mol. The number of nitrogens with zero attached hydrogens (tertiary/aromatic N) is 2. The van der Waals surface area contributed by atoms with Crippen molar-refractivity contribution >= 4 is 5.82 Å². The fourth-order valence-corrected chi connectivity index (χ4v) is 2.31. The quantitative estimate of drug-likeness (QED) is 0.865. The van der Waals surface area contributed by atoms with Crippen LogP contribution in [-0.4, -0.2) is 30.7 Å². The fourth-order valence-electron chi connectivity index (χ4n) is 2.31. The van der Waals surface area contributed by atoms with E-state index >= 15 is 0 Å². The lowest BCUT2D eigenvalue weighted by atomic mass is 10.0. The molecule has 3 heteroatoms. The molecule has 1 aromatic heterocycles. The minimum atomic E-state index is 0.705. The van der Waals surface area contributed by atoms with Crippen LogP contribution in [0.5, 0.6) is 0 Å². The van der Waals surface area contributed by atoms with E-state index in [1.807, 2.05) is 6.20 Å². The lowest BCUT2D eigenvalue weighted by Crippen LogP contribution is -2.43. The van der Waals surface area contributed by atoms with E-state index in [1.54, 1.807) is 0 Å². The summed E-state index contributed by atoms with van der Waals surface area (Å²) >= 11 is 0. The Labute approximate surface area is 104 Å². The van der Waals surface area contributed by atoms with Crippen LogP contribution in [0.25, 0.3) is 0 Å². The van der Waals surface area contributed by atoms with Crippen molar-refractivity contribution in [1.82, 2.24) is 10.3 Å². The highest BCUT2D eigenvalue weighted by atomic mass is 15.2. The molecule has 0 aromatic carbocycles. The maximum absolute atomic E-state index is 4.49. The predicted octanol–water partition coefficient (Wildman–Crippen LogP) is 2.36. The Kier molecular flexibility index (Phi) is 4.37. The molecule has 1 aliphatic heterocycles. The first kappa shape index (κ1) is 12.4. The van der Waals surface area contributed by atoms with Crippen molar-refractivity contribution < 1.29 is 0 Å². The number of pyridine rings is 1. The van der Waals surface area contributed by atoms with Gasteiger partial charge in [0.25, 0.3) is 0 Å². The van der Waals surface area contributed by atoms with Gasteiger partial charge in [0.2, 0.25) is 0 Å². The monoisotopic (exact) mass is 233 g/mol. The number of anilines is 1. The van der Waals surface area contributed by atoms with Crippen LogP contribution < -0.4 is 10.2 Å². The van der Waals surface area contributed by atoms with Gasteiger partial charge in [-0.1, -0.05) is 13.0 Å². The smallest absolute Gasteiger partial charge is 0.128 e. The second-order valence-electron chi connectivity index (χ2n) is 4.91. The lowest BCUT2D eigenvalue weighted by Gasteiger charge is -2.33. The molecular weight excluding hydrogens is 210 g/mol. The van der Waals surface area contributed by atoms with Crippen LogP contribution >= 0.6 is 0 Å². The van der Waals surface area contributed by atoms with Gasteiger partial charge in [-0.25, -0.2) is 4.98 Å². The number of rotatable bonds is 4. The van der Waals surface area contributed by atoms with E-state index in [9.17, 15) is 0 Å². The van der Waals surface area contributed by atoms with E-state index in [0.717, 1.165) is 25.5 Å². The van der Waals surface area contributed by atoms with Crippen LogP contribution in [0.4, 0.5) is 5.82 Å². The maximum atomic E-state index is 4.49.